The zero-order valence-electron chi connectivity index (χ0n) is 13.1. The second kappa shape index (κ2) is 6.02. The molecule has 23 heavy (non-hydrogen) atoms. The number of nitrogens with one attached hydrogen (secondary N) is 2. The van der Waals surface area contributed by atoms with E-state index >= 15 is 0 Å². The summed E-state index contributed by atoms with van der Waals surface area (Å²) in [5.74, 6) is -0.871. The number of esters is 1. The second-order valence-corrected chi connectivity index (χ2v) is 6.21. The van der Waals surface area contributed by atoms with Crippen molar-refractivity contribution in [2.24, 2.45) is 5.92 Å². The molecule has 2 aliphatic rings. The van der Waals surface area contributed by atoms with Crippen LogP contribution in [0, 0.1) is 5.92 Å². The lowest BCUT2D eigenvalue weighted by atomic mass is 9.89. The Morgan fingerprint density at radius 3 is 2.78 bits per heavy atom. The van der Waals surface area contributed by atoms with Gasteiger partial charge in [-0.05, 0) is 37.3 Å². The van der Waals surface area contributed by atoms with Crippen LogP contribution in [0.25, 0.3) is 0 Å². The SMILES string of the molecule is COC(=O)C1(NC(=O)CC[C@@H]2Cc3ccccc3NC2=O)CC1. The number of carbonyl (C=O) groups excluding carboxylic acids is 3. The molecule has 1 aromatic carbocycles. The van der Waals surface area contributed by atoms with Gasteiger partial charge >= 0.3 is 5.97 Å². The van der Waals surface area contributed by atoms with E-state index < -0.39 is 11.5 Å². The number of carbonyl (C=O) groups is 3. The van der Waals surface area contributed by atoms with Gasteiger partial charge in [0.05, 0.1) is 7.11 Å². The molecule has 0 radical (unpaired) electrons. The molecule has 1 saturated carbocycles. The van der Waals surface area contributed by atoms with Gasteiger partial charge in [0.1, 0.15) is 5.54 Å². The van der Waals surface area contributed by atoms with Gasteiger partial charge in [0.25, 0.3) is 0 Å². The summed E-state index contributed by atoms with van der Waals surface area (Å²) < 4.78 is 4.71. The minimum Gasteiger partial charge on any atom is -0.467 e. The average Bonchev–Trinajstić information content (AvgIpc) is 3.32. The quantitative estimate of drug-likeness (QED) is 0.804. The van der Waals surface area contributed by atoms with Crippen LogP contribution in [0.4, 0.5) is 5.69 Å². The maximum atomic E-state index is 12.1. The Balaban J connectivity index is 1.54. The third kappa shape index (κ3) is 3.21. The van der Waals surface area contributed by atoms with E-state index in [1.54, 1.807) is 0 Å². The van der Waals surface area contributed by atoms with E-state index in [-0.39, 0.29) is 24.2 Å². The normalized spacial score (nSPS) is 20.9. The number of anilines is 1. The molecule has 3 rings (SSSR count). The zero-order valence-corrected chi connectivity index (χ0v) is 13.1. The molecule has 0 unspecified atom stereocenters. The summed E-state index contributed by atoms with van der Waals surface area (Å²) in [5, 5.41) is 5.62. The first-order valence-electron chi connectivity index (χ1n) is 7.82. The highest BCUT2D eigenvalue weighted by atomic mass is 16.5. The van der Waals surface area contributed by atoms with Gasteiger partial charge in [-0.2, -0.15) is 0 Å². The number of amides is 2. The van der Waals surface area contributed by atoms with Crippen LogP contribution in [0.2, 0.25) is 0 Å². The Hall–Kier alpha value is -2.37. The Kier molecular flexibility index (Phi) is 4.07. The molecule has 0 bridgehead atoms. The van der Waals surface area contributed by atoms with Gasteiger partial charge in [-0.1, -0.05) is 18.2 Å². The minimum atomic E-state index is -0.826. The number of para-hydroxylation sites is 1. The number of rotatable bonds is 5. The summed E-state index contributed by atoms with van der Waals surface area (Å²) >= 11 is 0. The number of ether oxygens (including phenoxy) is 1. The van der Waals surface area contributed by atoms with Crippen LogP contribution in [-0.2, 0) is 25.5 Å². The van der Waals surface area contributed by atoms with Crippen LogP contribution in [0.15, 0.2) is 24.3 Å². The van der Waals surface area contributed by atoms with Crippen molar-refractivity contribution in [1.82, 2.24) is 5.32 Å². The summed E-state index contributed by atoms with van der Waals surface area (Å²) in [6, 6.07) is 7.68. The highest BCUT2D eigenvalue weighted by molar-refractivity contribution is 5.96. The molecule has 0 saturated heterocycles. The number of methoxy groups -OCH3 is 1. The van der Waals surface area contributed by atoms with Crippen molar-refractivity contribution in [2.75, 3.05) is 12.4 Å². The first-order chi connectivity index (χ1) is 11.0. The van der Waals surface area contributed by atoms with Crippen molar-refractivity contribution >= 4 is 23.5 Å². The largest absolute Gasteiger partial charge is 0.467 e. The van der Waals surface area contributed by atoms with Crippen LogP contribution in [0.3, 0.4) is 0 Å². The van der Waals surface area contributed by atoms with Crippen LogP contribution >= 0.6 is 0 Å². The standard InChI is InChI=1S/C17H20N2O4/c1-23-16(22)17(8-9-17)19-14(20)7-6-12-10-11-4-2-3-5-13(11)18-15(12)21/h2-5,12H,6-10H2,1H3,(H,18,21)(H,19,20)/t12-/m1/s1. The van der Waals surface area contributed by atoms with E-state index in [0.717, 1.165) is 11.3 Å². The van der Waals surface area contributed by atoms with Gasteiger partial charge < -0.3 is 15.4 Å². The van der Waals surface area contributed by atoms with Gasteiger partial charge in [-0.25, -0.2) is 4.79 Å². The summed E-state index contributed by atoms with van der Waals surface area (Å²) in [7, 11) is 1.32. The maximum absolute atomic E-state index is 12.1. The predicted molar refractivity (Wildman–Crippen MR) is 83.6 cm³/mol. The van der Waals surface area contributed by atoms with Crippen molar-refractivity contribution in [1.29, 1.82) is 0 Å². The lowest BCUT2D eigenvalue weighted by molar-refractivity contribution is -0.146. The molecular formula is C17H20N2O4. The topological polar surface area (TPSA) is 84.5 Å². The van der Waals surface area contributed by atoms with Crippen molar-refractivity contribution < 1.29 is 19.1 Å². The number of fused-ring (bicyclic) bond motifs is 1. The maximum Gasteiger partial charge on any atom is 0.331 e. The van der Waals surface area contributed by atoms with Crippen molar-refractivity contribution in [3.63, 3.8) is 0 Å². The Morgan fingerprint density at radius 1 is 1.35 bits per heavy atom. The van der Waals surface area contributed by atoms with Gasteiger partial charge in [-0.15, -0.1) is 0 Å². The fraction of sp³-hybridized carbons (Fsp3) is 0.471. The van der Waals surface area contributed by atoms with Crippen molar-refractivity contribution in [2.45, 2.75) is 37.6 Å². The van der Waals surface area contributed by atoms with E-state index in [1.807, 2.05) is 24.3 Å². The van der Waals surface area contributed by atoms with Crippen molar-refractivity contribution in [3.05, 3.63) is 29.8 Å². The predicted octanol–water partition coefficient (Wildman–Crippen LogP) is 1.40. The molecule has 1 aromatic rings. The first kappa shape index (κ1) is 15.5. The summed E-state index contributed by atoms with van der Waals surface area (Å²) in [6.07, 6.45) is 2.55. The molecule has 2 amide bonds. The van der Waals surface area contributed by atoms with Crippen LogP contribution < -0.4 is 10.6 Å². The fourth-order valence-electron chi connectivity index (χ4n) is 2.98. The van der Waals surface area contributed by atoms with Crippen LogP contribution in [0.1, 0.15) is 31.2 Å². The van der Waals surface area contributed by atoms with Crippen molar-refractivity contribution in [3.8, 4) is 0 Å². The molecule has 0 aromatic heterocycles. The van der Waals surface area contributed by atoms with E-state index in [1.165, 1.54) is 7.11 Å². The first-order valence-corrected chi connectivity index (χ1v) is 7.82. The highest BCUT2D eigenvalue weighted by Crippen LogP contribution is 2.36. The number of hydrogen-bond donors (Lipinski definition) is 2. The highest BCUT2D eigenvalue weighted by Gasteiger charge is 2.52. The molecule has 6 heteroatoms. The third-order valence-corrected chi connectivity index (χ3v) is 4.54. The smallest absolute Gasteiger partial charge is 0.331 e. The van der Waals surface area contributed by atoms with E-state index in [0.29, 0.717) is 25.7 Å². The Labute approximate surface area is 134 Å². The van der Waals surface area contributed by atoms with Gasteiger partial charge in [0.2, 0.25) is 11.8 Å². The summed E-state index contributed by atoms with van der Waals surface area (Å²) in [5.41, 5.74) is 1.11. The molecule has 1 aliphatic carbocycles. The van der Waals surface area contributed by atoms with Gasteiger partial charge in [0, 0.05) is 18.0 Å². The molecule has 122 valence electrons. The minimum absolute atomic E-state index is 0.0504. The van der Waals surface area contributed by atoms with Crippen LogP contribution in [0.5, 0.6) is 0 Å². The molecule has 2 N–H and O–H groups in total. The second-order valence-electron chi connectivity index (χ2n) is 6.21. The molecule has 1 aliphatic heterocycles. The summed E-state index contributed by atoms with van der Waals surface area (Å²) in [4.78, 5) is 35.8. The molecular weight excluding hydrogens is 296 g/mol. The Bertz CT molecular complexity index is 652. The number of hydrogen-bond acceptors (Lipinski definition) is 4. The number of benzene rings is 1. The molecule has 0 spiro atoms. The monoisotopic (exact) mass is 316 g/mol. The molecule has 1 fully saturated rings. The Morgan fingerprint density at radius 2 is 2.09 bits per heavy atom. The van der Waals surface area contributed by atoms with Crippen LogP contribution in [-0.4, -0.2) is 30.4 Å². The van der Waals surface area contributed by atoms with Gasteiger partial charge in [-0.3, -0.25) is 9.59 Å². The van der Waals surface area contributed by atoms with E-state index in [2.05, 4.69) is 10.6 Å². The lowest BCUT2D eigenvalue weighted by Crippen LogP contribution is -2.44. The fourth-order valence-corrected chi connectivity index (χ4v) is 2.98. The lowest BCUT2D eigenvalue weighted by Gasteiger charge is -2.24. The third-order valence-electron chi connectivity index (χ3n) is 4.54. The molecule has 1 atom stereocenters. The zero-order chi connectivity index (χ0) is 16.4. The van der Waals surface area contributed by atoms with Gasteiger partial charge in [0.15, 0.2) is 0 Å². The molecule has 1 heterocycles. The van der Waals surface area contributed by atoms with E-state index in [4.69, 9.17) is 4.74 Å². The average molecular weight is 316 g/mol. The molecule has 6 nitrogen and oxygen atoms in total. The summed E-state index contributed by atoms with van der Waals surface area (Å²) in [6.45, 7) is 0. The van der Waals surface area contributed by atoms with E-state index in [9.17, 15) is 14.4 Å².